The van der Waals surface area contributed by atoms with Crippen LogP contribution in [-0.2, 0) is 19.7 Å². The van der Waals surface area contributed by atoms with E-state index in [-0.39, 0.29) is 17.6 Å². The maximum absolute atomic E-state index is 12.6. The fourth-order valence-electron chi connectivity index (χ4n) is 2.94. The number of nitrogens with zero attached hydrogens (tertiary/aromatic N) is 1. The molecule has 1 aromatic heterocycles. The van der Waals surface area contributed by atoms with Crippen LogP contribution in [0.1, 0.15) is 65.5 Å². The van der Waals surface area contributed by atoms with Crippen LogP contribution in [-0.4, -0.2) is 42.7 Å². The summed E-state index contributed by atoms with van der Waals surface area (Å²) >= 11 is 0. The summed E-state index contributed by atoms with van der Waals surface area (Å²) in [6.45, 7) is 9.95. The Hall–Kier alpha value is -1.44. The molecule has 2 heterocycles. The Morgan fingerprint density at radius 2 is 2.04 bits per heavy atom. The lowest BCUT2D eigenvalue weighted by atomic mass is 9.90. The number of hydrogen-bond acceptors (Lipinski definition) is 6. The van der Waals surface area contributed by atoms with Gasteiger partial charge in [-0.2, -0.15) is 0 Å². The molecule has 1 saturated heterocycles. The van der Waals surface area contributed by atoms with Gasteiger partial charge in [0.1, 0.15) is 0 Å². The molecule has 27 heavy (non-hydrogen) atoms. The monoisotopic (exact) mass is 379 g/mol. The van der Waals surface area contributed by atoms with Crippen molar-refractivity contribution in [3.8, 4) is 0 Å². The average Bonchev–Trinajstić information content (AvgIpc) is 3.36. The standard InChI is InChI=1S/C20H33N3O4/c1-19(2,13-26-17-7-5-6-10-25-17)15-11-16(27-23-15)22-18(24)20(3,4)21-12-14-8-9-14/h11,14,17,21H,5-10,12-13H2,1-4H3,(H,22,24). The normalized spacial score (nSPS) is 21.3. The Kier molecular flexibility index (Phi) is 6.23. The Balaban J connectivity index is 1.52. The molecule has 1 atom stereocenters. The molecule has 1 amide bonds. The summed E-state index contributed by atoms with van der Waals surface area (Å²) < 4.78 is 16.9. The van der Waals surface area contributed by atoms with Gasteiger partial charge in [0.2, 0.25) is 11.8 Å². The summed E-state index contributed by atoms with van der Waals surface area (Å²) in [5.74, 6) is 0.941. The first kappa shape index (κ1) is 20.3. The number of rotatable bonds is 9. The van der Waals surface area contributed by atoms with Gasteiger partial charge in [-0.15, -0.1) is 0 Å². The van der Waals surface area contributed by atoms with Crippen LogP contribution in [0.5, 0.6) is 0 Å². The molecule has 152 valence electrons. The van der Waals surface area contributed by atoms with Crippen molar-refractivity contribution in [2.45, 2.75) is 77.0 Å². The van der Waals surface area contributed by atoms with Crippen molar-refractivity contribution < 1.29 is 18.8 Å². The quantitative estimate of drug-likeness (QED) is 0.685. The fraction of sp³-hybridized carbons (Fsp3) is 0.800. The van der Waals surface area contributed by atoms with E-state index in [9.17, 15) is 4.79 Å². The zero-order valence-electron chi connectivity index (χ0n) is 17.0. The Morgan fingerprint density at radius 1 is 1.26 bits per heavy atom. The molecule has 0 bridgehead atoms. The van der Waals surface area contributed by atoms with Crippen LogP contribution in [0.2, 0.25) is 0 Å². The lowest BCUT2D eigenvalue weighted by Gasteiger charge is -2.28. The van der Waals surface area contributed by atoms with Gasteiger partial charge in [-0.05, 0) is 58.4 Å². The van der Waals surface area contributed by atoms with Crippen LogP contribution in [0.15, 0.2) is 10.6 Å². The molecule has 0 radical (unpaired) electrons. The predicted octanol–water partition coefficient (Wildman–Crippen LogP) is 3.21. The van der Waals surface area contributed by atoms with E-state index in [4.69, 9.17) is 14.0 Å². The topological polar surface area (TPSA) is 85.6 Å². The van der Waals surface area contributed by atoms with E-state index >= 15 is 0 Å². The number of nitrogens with one attached hydrogen (secondary N) is 2. The summed E-state index contributed by atoms with van der Waals surface area (Å²) in [5.41, 5.74) is -0.253. The Labute approximate surface area is 161 Å². The number of anilines is 1. The van der Waals surface area contributed by atoms with Crippen molar-refractivity contribution >= 4 is 11.8 Å². The Bertz CT molecular complexity index is 631. The van der Waals surface area contributed by atoms with Crippen molar-refractivity contribution in [1.29, 1.82) is 0 Å². The number of aromatic nitrogens is 1. The highest BCUT2D eigenvalue weighted by atomic mass is 16.7. The van der Waals surface area contributed by atoms with Gasteiger partial charge in [0.25, 0.3) is 0 Å². The SMILES string of the molecule is CC(C)(NCC1CC1)C(=O)Nc1cc(C(C)(C)COC2CCCCO2)no1. The van der Waals surface area contributed by atoms with Crippen molar-refractivity contribution in [1.82, 2.24) is 10.5 Å². The number of carbonyl (C=O) groups excluding carboxylic acids is 1. The van der Waals surface area contributed by atoms with Crippen LogP contribution in [0.25, 0.3) is 0 Å². The summed E-state index contributed by atoms with van der Waals surface area (Å²) in [5, 5.41) is 10.3. The summed E-state index contributed by atoms with van der Waals surface area (Å²) in [6.07, 6.45) is 5.52. The second-order valence-electron chi connectivity index (χ2n) is 8.97. The third kappa shape index (κ3) is 5.77. The van der Waals surface area contributed by atoms with Crippen molar-refractivity contribution in [2.24, 2.45) is 5.92 Å². The van der Waals surface area contributed by atoms with Gasteiger partial charge >= 0.3 is 0 Å². The molecule has 0 aromatic carbocycles. The van der Waals surface area contributed by atoms with Crippen LogP contribution >= 0.6 is 0 Å². The fourth-order valence-corrected chi connectivity index (χ4v) is 2.94. The lowest BCUT2D eigenvalue weighted by molar-refractivity contribution is -0.170. The minimum Gasteiger partial charge on any atom is -0.353 e. The first-order valence-electron chi connectivity index (χ1n) is 10.0. The molecule has 1 aromatic rings. The van der Waals surface area contributed by atoms with Crippen LogP contribution in [0.4, 0.5) is 5.88 Å². The van der Waals surface area contributed by atoms with Gasteiger partial charge in [-0.3, -0.25) is 10.1 Å². The molecule has 7 heteroatoms. The van der Waals surface area contributed by atoms with Crippen molar-refractivity contribution in [2.75, 3.05) is 25.1 Å². The maximum Gasteiger partial charge on any atom is 0.246 e. The first-order chi connectivity index (χ1) is 12.8. The van der Waals surface area contributed by atoms with Crippen LogP contribution in [0, 0.1) is 5.92 Å². The van der Waals surface area contributed by atoms with Gasteiger partial charge < -0.3 is 19.3 Å². The molecule has 1 aliphatic carbocycles. The average molecular weight is 380 g/mol. The summed E-state index contributed by atoms with van der Waals surface area (Å²) in [7, 11) is 0. The summed E-state index contributed by atoms with van der Waals surface area (Å²) in [6, 6.07) is 1.78. The first-order valence-corrected chi connectivity index (χ1v) is 10.0. The number of hydrogen-bond donors (Lipinski definition) is 2. The van der Waals surface area contributed by atoms with E-state index in [0.717, 1.165) is 38.1 Å². The van der Waals surface area contributed by atoms with Crippen molar-refractivity contribution in [3.05, 3.63) is 11.8 Å². The van der Waals surface area contributed by atoms with Gasteiger partial charge in [-0.1, -0.05) is 19.0 Å². The van der Waals surface area contributed by atoms with E-state index < -0.39 is 5.54 Å². The minimum atomic E-state index is -0.660. The van der Waals surface area contributed by atoms with Crippen LogP contribution in [0.3, 0.4) is 0 Å². The molecule has 7 nitrogen and oxygen atoms in total. The molecule has 1 aliphatic heterocycles. The largest absolute Gasteiger partial charge is 0.353 e. The second kappa shape index (κ2) is 8.29. The van der Waals surface area contributed by atoms with Gasteiger partial charge in [-0.25, -0.2) is 0 Å². The highest BCUT2D eigenvalue weighted by molar-refractivity contribution is 5.96. The molecule has 2 aliphatic rings. The molecule has 1 unspecified atom stereocenters. The number of amides is 1. The van der Waals surface area contributed by atoms with Gasteiger partial charge in [0, 0.05) is 18.1 Å². The molecular formula is C20H33N3O4. The van der Waals surface area contributed by atoms with E-state index in [1.54, 1.807) is 6.07 Å². The molecule has 1 saturated carbocycles. The molecule has 0 spiro atoms. The van der Waals surface area contributed by atoms with Crippen LogP contribution < -0.4 is 10.6 Å². The molecule has 3 rings (SSSR count). The zero-order valence-corrected chi connectivity index (χ0v) is 17.0. The van der Waals surface area contributed by atoms with E-state index in [1.165, 1.54) is 12.8 Å². The predicted molar refractivity (Wildman–Crippen MR) is 103 cm³/mol. The molecular weight excluding hydrogens is 346 g/mol. The van der Waals surface area contributed by atoms with E-state index in [2.05, 4.69) is 15.8 Å². The maximum atomic E-state index is 12.6. The van der Waals surface area contributed by atoms with E-state index in [0.29, 0.717) is 18.4 Å². The highest BCUT2D eigenvalue weighted by Gasteiger charge is 2.32. The minimum absolute atomic E-state index is 0.129. The smallest absolute Gasteiger partial charge is 0.246 e. The second-order valence-corrected chi connectivity index (χ2v) is 8.97. The van der Waals surface area contributed by atoms with E-state index in [1.807, 2.05) is 27.7 Å². The number of carbonyl (C=O) groups is 1. The third-order valence-corrected chi connectivity index (χ3v) is 5.31. The Morgan fingerprint density at radius 3 is 2.70 bits per heavy atom. The zero-order chi connectivity index (χ0) is 19.5. The summed E-state index contributed by atoms with van der Waals surface area (Å²) in [4.78, 5) is 12.6. The molecule has 2 N–H and O–H groups in total. The lowest BCUT2D eigenvalue weighted by Crippen LogP contribution is -2.50. The molecule has 2 fully saturated rings. The highest BCUT2D eigenvalue weighted by Crippen LogP contribution is 2.29. The van der Waals surface area contributed by atoms with Gasteiger partial charge in [0.15, 0.2) is 6.29 Å². The van der Waals surface area contributed by atoms with Gasteiger partial charge in [0.05, 0.1) is 17.8 Å². The van der Waals surface area contributed by atoms with Crippen molar-refractivity contribution in [3.63, 3.8) is 0 Å². The third-order valence-electron chi connectivity index (χ3n) is 5.31. The number of ether oxygens (including phenoxy) is 2.